The molecule has 0 radical (unpaired) electrons. The number of aryl methyl sites for hydroxylation is 1. The third-order valence-electron chi connectivity index (χ3n) is 2.90. The van der Waals surface area contributed by atoms with E-state index in [9.17, 15) is 14.9 Å². The van der Waals surface area contributed by atoms with Gasteiger partial charge in [-0.15, -0.1) is 0 Å². The molecule has 0 aromatic heterocycles. The standard InChI is InChI=1S/C11H11NO3/c1-7-2-4-8(5-3-7)10-9(6-13)11(10)12(14)15/h2-6,9-11H,1H3/t9-,10+,11+/m0/s1. The van der Waals surface area contributed by atoms with Crippen LogP contribution in [0.1, 0.15) is 17.0 Å². The molecular weight excluding hydrogens is 194 g/mol. The number of hydrogen-bond donors (Lipinski definition) is 0. The van der Waals surface area contributed by atoms with Crippen LogP contribution < -0.4 is 0 Å². The number of carbonyl (C=O) groups excluding carboxylic acids is 1. The van der Waals surface area contributed by atoms with E-state index in [0.717, 1.165) is 11.1 Å². The number of nitro groups is 1. The average molecular weight is 205 g/mol. The molecule has 0 aliphatic heterocycles. The number of hydrogen-bond acceptors (Lipinski definition) is 3. The minimum absolute atomic E-state index is 0.224. The van der Waals surface area contributed by atoms with Crippen molar-refractivity contribution >= 4 is 6.29 Å². The van der Waals surface area contributed by atoms with Crippen molar-refractivity contribution in [1.82, 2.24) is 0 Å². The highest BCUT2D eigenvalue weighted by atomic mass is 16.6. The Hall–Kier alpha value is -1.71. The minimum atomic E-state index is -0.717. The van der Waals surface area contributed by atoms with Crippen LogP contribution >= 0.6 is 0 Å². The van der Waals surface area contributed by atoms with E-state index in [4.69, 9.17) is 0 Å². The first-order chi connectivity index (χ1) is 7.15. The van der Waals surface area contributed by atoms with Crippen molar-refractivity contribution in [2.45, 2.75) is 18.9 Å². The van der Waals surface area contributed by atoms with Crippen LogP contribution in [0.15, 0.2) is 24.3 Å². The number of benzene rings is 1. The van der Waals surface area contributed by atoms with E-state index in [1.165, 1.54) is 0 Å². The van der Waals surface area contributed by atoms with Crippen LogP contribution in [0.4, 0.5) is 0 Å². The van der Waals surface area contributed by atoms with Gasteiger partial charge in [0.25, 0.3) is 0 Å². The first-order valence-corrected chi connectivity index (χ1v) is 4.80. The van der Waals surface area contributed by atoms with Crippen molar-refractivity contribution in [2.24, 2.45) is 5.92 Å². The van der Waals surface area contributed by atoms with Crippen LogP contribution in [0.25, 0.3) is 0 Å². The smallest absolute Gasteiger partial charge is 0.231 e. The third-order valence-corrected chi connectivity index (χ3v) is 2.90. The van der Waals surface area contributed by atoms with Crippen molar-refractivity contribution in [1.29, 1.82) is 0 Å². The Morgan fingerprint density at radius 1 is 1.33 bits per heavy atom. The maximum Gasteiger partial charge on any atom is 0.231 e. The highest BCUT2D eigenvalue weighted by Crippen LogP contribution is 2.48. The Kier molecular flexibility index (Phi) is 2.26. The maximum atomic E-state index is 10.6. The summed E-state index contributed by atoms with van der Waals surface area (Å²) in [6, 6.07) is 6.82. The van der Waals surface area contributed by atoms with Gasteiger partial charge in [0.1, 0.15) is 6.29 Å². The molecule has 1 aromatic carbocycles. The van der Waals surface area contributed by atoms with Crippen molar-refractivity contribution in [2.75, 3.05) is 0 Å². The fourth-order valence-corrected chi connectivity index (χ4v) is 1.96. The van der Waals surface area contributed by atoms with Gasteiger partial charge < -0.3 is 4.79 Å². The lowest BCUT2D eigenvalue weighted by atomic mass is 10.1. The van der Waals surface area contributed by atoms with Crippen LogP contribution in [0.5, 0.6) is 0 Å². The topological polar surface area (TPSA) is 60.2 Å². The molecule has 0 spiro atoms. The van der Waals surface area contributed by atoms with Gasteiger partial charge in [0.05, 0.1) is 11.8 Å². The van der Waals surface area contributed by atoms with E-state index in [1.807, 2.05) is 31.2 Å². The van der Waals surface area contributed by atoms with E-state index in [-0.39, 0.29) is 10.8 Å². The molecule has 0 unspecified atom stereocenters. The molecule has 0 N–H and O–H groups in total. The fraction of sp³-hybridized carbons (Fsp3) is 0.364. The summed E-state index contributed by atoms with van der Waals surface area (Å²) in [7, 11) is 0. The second-order valence-corrected chi connectivity index (χ2v) is 3.93. The SMILES string of the molecule is Cc1ccc([C@@H]2[C@H](C=O)[C@H]2[N+](=O)[O-])cc1. The highest BCUT2D eigenvalue weighted by Gasteiger charge is 2.61. The van der Waals surface area contributed by atoms with Crippen LogP contribution in [0, 0.1) is 23.0 Å². The Morgan fingerprint density at radius 2 is 1.93 bits per heavy atom. The zero-order valence-electron chi connectivity index (χ0n) is 8.29. The van der Waals surface area contributed by atoms with E-state index >= 15 is 0 Å². The molecule has 3 atom stereocenters. The molecule has 0 amide bonds. The maximum absolute atomic E-state index is 10.6. The molecule has 1 saturated carbocycles. The average Bonchev–Trinajstić information content (AvgIpc) is 2.93. The highest BCUT2D eigenvalue weighted by molar-refractivity contribution is 5.63. The van der Waals surface area contributed by atoms with Crippen molar-refractivity contribution in [3.05, 3.63) is 45.5 Å². The zero-order valence-corrected chi connectivity index (χ0v) is 8.29. The summed E-state index contributed by atoms with van der Waals surface area (Å²) in [5, 5.41) is 10.6. The normalized spacial score (nSPS) is 28.5. The van der Waals surface area contributed by atoms with Crippen molar-refractivity contribution in [3.8, 4) is 0 Å². The molecule has 0 saturated heterocycles. The van der Waals surface area contributed by atoms with Gasteiger partial charge >= 0.3 is 0 Å². The Labute approximate surface area is 87.1 Å². The van der Waals surface area contributed by atoms with Crippen LogP contribution in [-0.2, 0) is 4.79 Å². The molecule has 4 nitrogen and oxygen atoms in total. The zero-order chi connectivity index (χ0) is 11.0. The molecule has 1 aliphatic carbocycles. The quantitative estimate of drug-likeness (QED) is 0.427. The third kappa shape index (κ3) is 1.63. The molecule has 0 bridgehead atoms. The van der Waals surface area contributed by atoms with Gasteiger partial charge in [-0.25, -0.2) is 0 Å². The van der Waals surface area contributed by atoms with Gasteiger partial charge in [-0.05, 0) is 12.5 Å². The summed E-state index contributed by atoms with van der Waals surface area (Å²) in [6.07, 6.45) is 0.692. The van der Waals surface area contributed by atoms with Gasteiger partial charge in [-0.3, -0.25) is 10.1 Å². The van der Waals surface area contributed by atoms with E-state index in [1.54, 1.807) is 0 Å². The number of carbonyl (C=O) groups is 1. The lowest BCUT2D eigenvalue weighted by Crippen LogP contribution is -2.05. The van der Waals surface area contributed by atoms with E-state index in [0.29, 0.717) is 6.29 Å². The van der Waals surface area contributed by atoms with Gasteiger partial charge in [0.15, 0.2) is 0 Å². The van der Waals surface area contributed by atoms with E-state index in [2.05, 4.69) is 0 Å². The lowest BCUT2D eigenvalue weighted by molar-refractivity contribution is -0.498. The first-order valence-electron chi connectivity index (χ1n) is 4.80. The number of aldehydes is 1. The summed E-state index contributed by atoms with van der Waals surface area (Å²) in [5.74, 6) is -0.666. The lowest BCUT2D eigenvalue weighted by Gasteiger charge is -1.97. The molecule has 1 aliphatic rings. The summed E-state index contributed by atoms with van der Waals surface area (Å²) >= 11 is 0. The van der Waals surface area contributed by atoms with Crippen molar-refractivity contribution < 1.29 is 9.72 Å². The van der Waals surface area contributed by atoms with Crippen molar-refractivity contribution in [3.63, 3.8) is 0 Å². The van der Waals surface area contributed by atoms with Gasteiger partial charge in [0.2, 0.25) is 6.04 Å². The van der Waals surface area contributed by atoms with Crippen LogP contribution in [0.3, 0.4) is 0 Å². The molecular formula is C11H11NO3. The van der Waals surface area contributed by atoms with E-state index < -0.39 is 12.0 Å². The van der Waals surface area contributed by atoms with Gasteiger partial charge in [-0.2, -0.15) is 0 Å². The molecule has 15 heavy (non-hydrogen) atoms. The Bertz CT molecular complexity index is 399. The molecule has 4 heteroatoms. The number of rotatable bonds is 3. The summed E-state index contributed by atoms with van der Waals surface area (Å²) in [6.45, 7) is 1.96. The fourth-order valence-electron chi connectivity index (χ4n) is 1.96. The molecule has 0 heterocycles. The monoisotopic (exact) mass is 205 g/mol. The first kappa shape index (κ1) is 9.83. The molecule has 2 rings (SSSR count). The molecule has 1 fully saturated rings. The second-order valence-electron chi connectivity index (χ2n) is 3.93. The summed E-state index contributed by atoms with van der Waals surface area (Å²) in [5.41, 5.74) is 2.00. The second kappa shape index (κ2) is 3.46. The Morgan fingerprint density at radius 3 is 2.33 bits per heavy atom. The van der Waals surface area contributed by atoms with Crippen LogP contribution in [-0.4, -0.2) is 17.3 Å². The van der Waals surface area contributed by atoms with Gasteiger partial charge in [0, 0.05) is 4.92 Å². The van der Waals surface area contributed by atoms with Crippen LogP contribution in [0.2, 0.25) is 0 Å². The number of nitrogens with zero attached hydrogens (tertiary/aromatic N) is 1. The largest absolute Gasteiger partial charge is 0.303 e. The Balaban J connectivity index is 2.22. The predicted octanol–water partition coefficient (Wildman–Crippen LogP) is 1.55. The molecule has 78 valence electrons. The summed E-state index contributed by atoms with van der Waals surface area (Å²) in [4.78, 5) is 20.9. The predicted molar refractivity (Wildman–Crippen MR) is 54.3 cm³/mol. The molecule has 1 aromatic rings. The minimum Gasteiger partial charge on any atom is -0.303 e. The van der Waals surface area contributed by atoms with Gasteiger partial charge in [-0.1, -0.05) is 29.8 Å². The summed E-state index contributed by atoms with van der Waals surface area (Å²) < 4.78 is 0.